The monoisotopic (exact) mass is 209 g/mol. The largest absolute Gasteiger partial charge is 0.331 e. The highest BCUT2D eigenvalue weighted by Gasteiger charge is 1.82. The van der Waals surface area contributed by atoms with Gasteiger partial charge in [0.25, 0.3) is 0 Å². The van der Waals surface area contributed by atoms with Crippen molar-refractivity contribution >= 4 is 28.8 Å². The van der Waals surface area contributed by atoms with Crippen molar-refractivity contribution in [1.82, 2.24) is 9.97 Å². The van der Waals surface area contributed by atoms with Gasteiger partial charge in [-0.2, -0.15) is 0 Å². The first kappa shape index (κ1) is 4.89. The number of aromatic amines is 1. The number of H-pyrrole nitrogens is 1. The third-order valence-electron chi connectivity index (χ3n) is 0.588. The third kappa shape index (κ3) is 1.05. The Morgan fingerprint density at radius 1 is 1.86 bits per heavy atom. The van der Waals surface area contributed by atoms with E-state index in [1.54, 1.807) is 12.4 Å². The summed E-state index contributed by atoms with van der Waals surface area (Å²) in [6.45, 7) is 0. The lowest BCUT2D eigenvalue weighted by Crippen LogP contribution is -1.77. The first-order valence-electron chi connectivity index (χ1n) is 1.79. The molecule has 0 bridgehead atoms. The topological polar surface area (TPSA) is 40.7 Å². The number of nitrogens with one attached hydrogen (secondary N) is 2. The normalized spacial score (nSPS) is 8.71. The van der Waals surface area contributed by atoms with Crippen LogP contribution in [-0.4, -0.2) is 9.97 Å². The summed E-state index contributed by atoms with van der Waals surface area (Å²) in [5, 5.41) is 0. The van der Waals surface area contributed by atoms with Crippen LogP contribution >= 0.6 is 22.9 Å². The van der Waals surface area contributed by atoms with E-state index < -0.39 is 0 Å². The molecule has 4 heteroatoms. The van der Waals surface area contributed by atoms with Gasteiger partial charge in [-0.25, -0.2) is 4.98 Å². The Labute approximate surface area is 55.0 Å². The van der Waals surface area contributed by atoms with Gasteiger partial charge in [0.1, 0.15) is 0 Å². The molecule has 0 aromatic carbocycles. The SMILES string of the molecule is INc1ncc[nH]1. The zero-order valence-corrected chi connectivity index (χ0v) is 5.64. The van der Waals surface area contributed by atoms with Crippen molar-refractivity contribution in [3.05, 3.63) is 12.4 Å². The number of hydrogen-bond donors (Lipinski definition) is 2. The summed E-state index contributed by atoms with van der Waals surface area (Å²) in [7, 11) is 0. The lowest BCUT2D eigenvalue weighted by Gasteiger charge is -1.82. The molecular formula is C3H4IN3. The van der Waals surface area contributed by atoms with Crippen LogP contribution in [0, 0.1) is 0 Å². The van der Waals surface area contributed by atoms with Crippen LogP contribution in [0.1, 0.15) is 0 Å². The number of hydrogen-bond acceptors (Lipinski definition) is 2. The molecule has 38 valence electrons. The summed E-state index contributed by atoms with van der Waals surface area (Å²) in [5.74, 6) is 0.792. The van der Waals surface area contributed by atoms with Crippen molar-refractivity contribution in [2.45, 2.75) is 0 Å². The molecule has 0 spiro atoms. The minimum Gasteiger partial charge on any atom is -0.331 e. The van der Waals surface area contributed by atoms with Crippen molar-refractivity contribution in [1.29, 1.82) is 0 Å². The summed E-state index contributed by atoms with van der Waals surface area (Å²) in [6, 6.07) is 0. The number of imidazole rings is 1. The molecule has 0 radical (unpaired) electrons. The van der Waals surface area contributed by atoms with E-state index in [1.165, 1.54) is 0 Å². The van der Waals surface area contributed by atoms with Gasteiger partial charge < -0.3 is 4.98 Å². The van der Waals surface area contributed by atoms with E-state index in [-0.39, 0.29) is 0 Å². The predicted molar refractivity (Wildman–Crippen MR) is 36.2 cm³/mol. The van der Waals surface area contributed by atoms with Crippen molar-refractivity contribution in [2.24, 2.45) is 0 Å². The average molecular weight is 209 g/mol. The van der Waals surface area contributed by atoms with E-state index >= 15 is 0 Å². The molecule has 0 amide bonds. The summed E-state index contributed by atoms with van der Waals surface area (Å²) in [4.78, 5) is 6.72. The van der Waals surface area contributed by atoms with Crippen molar-refractivity contribution in [3.63, 3.8) is 0 Å². The molecule has 0 unspecified atom stereocenters. The maximum Gasteiger partial charge on any atom is 0.208 e. The molecule has 1 rings (SSSR count). The van der Waals surface area contributed by atoms with E-state index in [0.717, 1.165) is 5.95 Å². The van der Waals surface area contributed by atoms with Crippen LogP contribution in [0.4, 0.5) is 5.95 Å². The second kappa shape index (κ2) is 2.15. The zero-order chi connectivity index (χ0) is 5.11. The Balaban J connectivity index is 2.76. The van der Waals surface area contributed by atoms with Crippen LogP contribution < -0.4 is 3.53 Å². The molecule has 0 aliphatic heterocycles. The van der Waals surface area contributed by atoms with Gasteiger partial charge in [0.15, 0.2) is 0 Å². The van der Waals surface area contributed by atoms with Crippen LogP contribution in [0.2, 0.25) is 0 Å². The van der Waals surface area contributed by atoms with Crippen molar-refractivity contribution < 1.29 is 0 Å². The molecular weight excluding hydrogens is 205 g/mol. The minimum atomic E-state index is 0.792. The van der Waals surface area contributed by atoms with E-state index in [9.17, 15) is 0 Å². The summed E-state index contributed by atoms with van der Waals surface area (Å²) in [5.41, 5.74) is 0. The second-order valence-corrected chi connectivity index (χ2v) is 1.57. The molecule has 1 heterocycles. The average Bonchev–Trinajstić information content (AvgIpc) is 2.14. The highest BCUT2D eigenvalue weighted by Crippen LogP contribution is 1.95. The standard InChI is InChI=1S/C3H4IN3/c4-7-3-5-1-2-6-3/h1-2H,(H2,5,6,7). The summed E-state index contributed by atoms with van der Waals surface area (Å²) >= 11 is 2.01. The minimum absolute atomic E-state index is 0.792. The highest BCUT2D eigenvalue weighted by molar-refractivity contribution is 14.1. The molecule has 2 N–H and O–H groups in total. The van der Waals surface area contributed by atoms with Gasteiger partial charge in [-0.1, -0.05) is 0 Å². The Kier molecular flexibility index (Phi) is 1.50. The van der Waals surface area contributed by atoms with Crippen LogP contribution in [0.3, 0.4) is 0 Å². The van der Waals surface area contributed by atoms with Gasteiger partial charge in [-0.3, -0.25) is 3.53 Å². The third-order valence-corrected chi connectivity index (χ3v) is 1.10. The van der Waals surface area contributed by atoms with Crippen molar-refractivity contribution in [2.75, 3.05) is 3.53 Å². The Bertz CT molecular complexity index is 125. The fourth-order valence-electron chi connectivity index (χ4n) is 0.317. The molecule has 0 fully saturated rings. The number of aromatic nitrogens is 2. The molecule has 1 aromatic heterocycles. The fraction of sp³-hybridized carbons (Fsp3) is 0. The maximum atomic E-state index is 3.86. The number of halogens is 1. The van der Waals surface area contributed by atoms with Gasteiger partial charge in [0.2, 0.25) is 5.95 Å². The Hall–Kier alpha value is -0.260. The van der Waals surface area contributed by atoms with E-state index in [4.69, 9.17) is 0 Å². The molecule has 0 atom stereocenters. The quantitative estimate of drug-likeness (QED) is 0.538. The molecule has 0 saturated carbocycles. The Morgan fingerprint density at radius 2 is 2.71 bits per heavy atom. The van der Waals surface area contributed by atoms with Crippen LogP contribution in [0.15, 0.2) is 12.4 Å². The number of anilines is 1. The summed E-state index contributed by atoms with van der Waals surface area (Å²) in [6.07, 6.45) is 3.46. The lowest BCUT2D eigenvalue weighted by molar-refractivity contribution is 1.33. The van der Waals surface area contributed by atoms with Gasteiger partial charge >= 0.3 is 0 Å². The zero-order valence-electron chi connectivity index (χ0n) is 3.48. The van der Waals surface area contributed by atoms with Gasteiger partial charge in [0, 0.05) is 12.4 Å². The molecule has 3 nitrogen and oxygen atoms in total. The molecule has 0 aliphatic rings. The van der Waals surface area contributed by atoms with E-state index in [0.29, 0.717) is 0 Å². The predicted octanol–water partition coefficient (Wildman–Crippen LogP) is 1.17. The highest BCUT2D eigenvalue weighted by atomic mass is 127. The second-order valence-electron chi connectivity index (χ2n) is 1.03. The molecule has 0 aliphatic carbocycles. The van der Waals surface area contributed by atoms with Crippen molar-refractivity contribution in [3.8, 4) is 0 Å². The van der Waals surface area contributed by atoms with E-state index in [1.807, 2.05) is 22.9 Å². The molecule has 1 aromatic rings. The first-order chi connectivity index (χ1) is 3.43. The fourth-order valence-corrected chi connectivity index (χ4v) is 0.612. The van der Waals surface area contributed by atoms with Gasteiger partial charge in [-0.05, 0) is 0 Å². The summed E-state index contributed by atoms with van der Waals surface area (Å²) < 4.78 is 2.81. The Morgan fingerprint density at radius 3 is 3.00 bits per heavy atom. The first-order valence-corrected chi connectivity index (χ1v) is 2.87. The maximum absolute atomic E-state index is 3.86. The lowest BCUT2D eigenvalue weighted by atomic mass is 11.0. The smallest absolute Gasteiger partial charge is 0.208 e. The van der Waals surface area contributed by atoms with Gasteiger partial charge in [0.05, 0.1) is 22.9 Å². The van der Waals surface area contributed by atoms with Gasteiger partial charge in [-0.15, -0.1) is 0 Å². The number of rotatable bonds is 1. The van der Waals surface area contributed by atoms with Crippen LogP contribution in [0.25, 0.3) is 0 Å². The van der Waals surface area contributed by atoms with Crippen LogP contribution in [0.5, 0.6) is 0 Å². The molecule has 7 heavy (non-hydrogen) atoms. The van der Waals surface area contributed by atoms with E-state index in [2.05, 4.69) is 13.5 Å². The number of nitrogens with zero attached hydrogens (tertiary/aromatic N) is 1. The molecule has 0 saturated heterocycles. The van der Waals surface area contributed by atoms with Crippen LogP contribution in [-0.2, 0) is 0 Å².